The van der Waals surface area contributed by atoms with Gasteiger partial charge in [0.2, 0.25) is 0 Å². The Morgan fingerprint density at radius 1 is 1.15 bits per heavy atom. The second-order valence-corrected chi connectivity index (χ2v) is 5.24. The summed E-state index contributed by atoms with van der Waals surface area (Å²) in [6, 6.07) is 13.8. The van der Waals surface area contributed by atoms with Crippen molar-refractivity contribution in [3.05, 3.63) is 74.2 Å². The molecule has 0 radical (unpaired) electrons. The first-order valence-corrected chi connectivity index (χ1v) is 6.88. The van der Waals surface area contributed by atoms with E-state index in [0.29, 0.717) is 22.0 Å². The highest BCUT2D eigenvalue weighted by Gasteiger charge is 2.15. The van der Waals surface area contributed by atoms with Crippen LogP contribution in [0.5, 0.6) is 0 Å². The molecule has 102 valence electrons. The molecule has 0 aliphatic carbocycles. The summed E-state index contributed by atoms with van der Waals surface area (Å²) in [5.41, 5.74) is 1.25. The van der Waals surface area contributed by atoms with Crippen LogP contribution in [0.15, 0.2) is 53.0 Å². The standard InChI is InChI=1S/C15H12BrNO3/c16-13-8-6-11(14(10-13)17(19)20)7-9-15(18)12-4-2-1-3-5-12/h1-6,8,10H,7,9H2. The summed E-state index contributed by atoms with van der Waals surface area (Å²) in [6.45, 7) is 0. The topological polar surface area (TPSA) is 60.2 Å². The Kier molecular flexibility index (Phi) is 4.63. The number of ketones is 1. The first kappa shape index (κ1) is 14.4. The van der Waals surface area contributed by atoms with Crippen LogP contribution < -0.4 is 0 Å². The number of Topliss-reactive ketones (excluding diaryl/α,β-unsaturated/α-hetero) is 1. The molecule has 2 rings (SSSR count). The van der Waals surface area contributed by atoms with Gasteiger partial charge >= 0.3 is 0 Å². The number of nitrogens with zero attached hydrogens (tertiary/aromatic N) is 1. The summed E-state index contributed by atoms with van der Waals surface area (Å²) in [5, 5.41) is 11.0. The van der Waals surface area contributed by atoms with Crippen molar-refractivity contribution < 1.29 is 9.72 Å². The monoisotopic (exact) mass is 333 g/mol. The number of halogens is 1. The molecule has 0 unspecified atom stereocenters. The summed E-state index contributed by atoms with van der Waals surface area (Å²) >= 11 is 3.21. The van der Waals surface area contributed by atoms with Gasteiger partial charge in [0.05, 0.1) is 4.92 Å². The second kappa shape index (κ2) is 6.43. The average molecular weight is 334 g/mol. The van der Waals surface area contributed by atoms with Crippen molar-refractivity contribution >= 4 is 27.4 Å². The van der Waals surface area contributed by atoms with Gasteiger partial charge in [-0.15, -0.1) is 0 Å². The molecule has 0 aliphatic heterocycles. The molecule has 0 amide bonds. The smallest absolute Gasteiger partial charge is 0.273 e. The molecule has 0 heterocycles. The Morgan fingerprint density at radius 3 is 2.50 bits per heavy atom. The normalized spacial score (nSPS) is 10.2. The third-order valence-corrected chi connectivity index (χ3v) is 3.45. The van der Waals surface area contributed by atoms with Crippen LogP contribution in [-0.2, 0) is 6.42 Å². The van der Waals surface area contributed by atoms with Crippen molar-refractivity contribution in [1.29, 1.82) is 0 Å². The number of hydrogen-bond acceptors (Lipinski definition) is 3. The number of nitro benzene ring substituents is 1. The number of carbonyl (C=O) groups excluding carboxylic acids is 1. The molecule has 0 atom stereocenters. The van der Waals surface area contributed by atoms with E-state index in [1.54, 1.807) is 36.4 Å². The highest BCUT2D eigenvalue weighted by atomic mass is 79.9. The maximum absolute atomic E-state index is 12.0. The average Bonchev–Trinajstić information content (AvgIpc) is 2.46. The molecule has 0 saturated carbocycles. The lowest BCUT2D eigenvalue weighted by Crippen LogP contribution is -2.03. The minimum atomic E-state index is -0.424. The van der Waals surface area contributed by atoms with Crippen LogP contribution >= 0.6 is 15.9 Å². The lowest BCUT2D eigenvalue weighted by molar-refractivity contribution is -0.385. The van der Waals surface area contributed by atoms with Gasteiger partial charge in [-0.1, -0.05) is 52.3 Å². The van der Waals surface area contributed by atoms with E-state index in [0.717, 1.165) is 0 Å². The largest absolute Gasteiger partial charge is 0.294 e. The number of hydrogen-bond donors (Lipinski definition) is 0. The number of rotatable bonds is 5. The van der Waals surface area contributed by atoms with Gasteiger partial charge in [0.1, 0.15) is 0 Å². The fraction of sp³-hybridized carbons (Fsp3) is 0.133. The zero-order chi connectivity index (χ0) is 14.5. The molecule has 20 heavy (non-hydrogen) atoms. The van der Waals surface area contributed by atoms with E-state index < -0.39 is 4.92 Å². The third-order valence-electron chi connectivity index (χ3n) is 2.96. The fourth-order valence-electron chi connectivity index (χ4n) is 1.93. The second-order valence-electron chi connectivity index (χ2n) is 4.32. The van der Waals surface area contributed by atoms with Crippen LogP contribution in [0.1, 0.15) is 22.3 Å². The summed E-state index contributed by atoms with van der Waals surface area (Å²) in [6.07, 6.45) is 0.615. The van der Waals surface area contributed by atoms with Gasteiger partial charge in [-0.25, -0.2) is 0 Å². The van der Waals surface area contributed by atoms with Crippen LogP contribution in [0, 0.1) is 10.1 Å². The van der Waals surface area contributed by atoms with E-state index in [1.165, 1.54) is 6.07 Å². The molecular weight excluding hydrogens is 322 g/mol. The molecule has 0 bridgehead atoms. The van der Waals surface area contributed by atoms with Crippen LogP contribution in [0.4, 0.5) is 5.69 Å². The summed E-state index contributed by atoms with van der Waals surface area (Å²) in [5.74, 6) is -0.0113. The van der Waals surface area contributed by atoms with E-state index >= 15 is 0 Å². The Morgan fingerprint density at radius 2 is 1.85 bits per heavy atom. The van der Waals surface area contributed by atoms with Crippen molar-refractivity contribution in [2.75, 3.05) is 0 Å². The summed E-state index contributed by atoms with van der Waals surface area (Å²) in [4.78, 5) is 22.6. The molecule has 2 aromatic carbocycles. The molecule has 0 fully saturated rings. The number of nitro groups is 1. The minimum Gasteiger partial charge on any atom is -0.294 e. The molecule has 0 saturated heterocycles. The van der Waals surface area contributed by atoms with E-state index in [1.807, 2.05) is 6.07 Å². The molecule has 0 aromatic heterocycles. The van der Waals surface area contributed by atoms with Gasteiger partial charge in [0, 0.05) is 28.1 Å². The van der Waals surface area contributed by atoms with Crippen molar-refractivity contribution in [1.82, 2.24) is 0 Å². The van der Waals surface area contributed by atoms with Gasteiger partial charge in [-0.05, 0) is 12.5 Å². The lowest BCUT2D eigenvalue weighted by Gasteiger charge is -2.04. The Hall–Kier alpha value is -2.01. The summed E-state index contributed by atoms with van der Waals surface area (Å²) < 4.78 is 0.655. The van der Waals surface area contributed by atoms with E-state index in [-0.39, 0.29) is 17.9 Å². The predicted molar refractivity (Wildman–Crippen MR) is 79.9 cm³/mol. The Bertz CT molecular complexity index is 641. The number of benzene rings is 2. The molecular formula is C15H12BrNO3. The van der Waals surface area contributed by atoms with Gasteiger partial charge in [0.15, 0.2) is 5.78 Å². The van der Waals surface area contributed by atoms with Crippen LogP contribution in [0.3, 0.4) is 0 Å². The molecule has 0 N–H and O–H groups in total. The first-order valence-electron chi connectivity index (χ1n) is 6.09. The van der Waals surface area contributed by atoms with Gasteiger partial charge in [0.25, 0.3) is 5.69 Å². The maximum Gasteiger partial charge on any atom is 0.273 e. The van der Waals surface area contributed by atoms with Crippen molar-refractivity contribution in [3.63, 3.8) is 0 Å². The highest BCUT2D eigenvalue weighted by molar-refractivity contribution is 9.10. The molecule has 2 aromatic rings. The Balaban J connectivity index is 2.12. The molecule has 0 spiro atoms. The quantitative estimate of drug-likeness (QED) is 0.468. The number of aryl methyl sites for hydroxylation is 1. The third kappa shape index (κ3) is 3.51. The predicted octanol–water partition coefficient (Wildman–Crippen LogP) is 4.17. The fourth-order valence-corrected chi connectivity index (χ4v) is 2.28. The SMILES string of the molecule is O=C(CCc1ccc(Br)cc1[N+](=O)[O-])c1ccccc1. The van der Waals surface area contributed by atoms with Gasteiger partial charge in [-0.3, -0.25) is 14.9 Å². The summed E-state index contributed by atoms with van der Waals surface area (Å²) in [7, 11) is 0. The van der Waals surface area contributed by atoms with E-state index in [9.17, 15) is 14.9 Å². The van der Waals surface area contributed by atoms with Crippen LogP contribution in [0.25, 0.3) is 0 Å². The van der Waals surface area contributed by atoms with Gasteiger partial charge < -0.3 is 0 Å². The maximum atomic E-state index is 12.0. The van der Waals surface area contributed by atoms with Crippen LogP contribution in [-0.4, -0.2) is 10.7 Å². The van der Waals surface area contributed by atoms with E-state index in [4.69, 9.17) is 0 Å². The minimum absolute atomic E-state index is 0.0113. The van der Waals surface area contributed by atoms with Crippen molar-refractivity contribution in [2.24, 2.45) is 0 Å². The molecule has 5 heteroatoms. The zero-order valence-electron chi connectivity index (χ0n) is 10.6. The molecule has 0 aliphatic rings. The number of carbonyl (C=O) groups is 1. The van der Waals surface area contributed by atoms with Crippen LogP contribution in [0.2, 0.25) is 0 Å². The van der Waals surface area contributed by atoms with Crippen molar-refractivity contribution in [2.45, 2.75) is 12.8 Å². The van der Waals surface area contributed by atoms with Crippen molar-refractivity contribution in [3.8, 4) is 0 Å². The highest BCUT2D eigenvalue weighted by Crippen LogP contribution is 2.25. The van der Waals surface area contributed by atoms with Gasteiger partial charge in [-0.2, -0.15) is 0 Å². The Labute approximate surface area is 124 Å². The zero-order valence-corrected chi connectivity index (χ0v) is 12.2. The first-order chi connectivity index (χ1) is 9.58. The molecule has 4 nitrogen and oxygen atoms in total. The van der Waals surface area contributed by atoms with E-state index in [2.05, 4.69) is 15.9 Å². The lowest BCUT2D eigenvalue weighted by atomic mass is 10.0.